The molecule has 6 heteroatoms. The van der Waals surface area contributed by atoms with Gasteiger partial charge < -0.3 is 9.64 Å². The highest BCUT2D eigenvalue weighted by Gasteiger charge is 2.54. The molecule has 0 bridgehead atoms. The molecule has 0 aromatic heterocycles. The van der Waals surface area contributed by atoms with Crippen LogP contribution in [0.25, 0.3) is 10.4 Å². The fourth-order valence-electron chi connectivity index (χ4n) is 1.63. The highest BCUT2D eigenvalue weighted by molar-refractivity contribution is 5.78. The van der Waals surface area contributed by atoms with Crippen LogP contribution in [0.15, 0.2) is 5.11 Å². The molecule has 1 atom stereocenters. The van der Waals surface area contributed by atoms with Gasteiger partial charge in [-0.15, -0.1) is 0 Å². The van der Waals surface area contributed by atoms with Crippen molar-refractivity contribution in [2.45, 2.75) is 24.4 Å². The number of hydrogen-bond donors (Lipinski definition) is 0. The molecule has 0 aromatic rings. The second-order valence-electron chi connectivity index (χ2n) is 3.63. The number of carbonyl (C=O) groups excluding carboxylic acids is 1. The van der Waals surface area contributed by atoms with Crippen molar-refractivity contribution in [3.63, 3.8) is 0 Å². The number of ether oxygens (including phenoxy) is 1. The van der Waals surface area contributed by atoms with E-state index in [1.165, 1.54) is 7.11 Å². The first-order valence-electron chi connectivity index (χ1n) is 4.38. The van der Waals surface area contributed by atoms with E-state index in [4.69, 9.17) is 5.53 Å². The molecule has 1 saturated carbocycles. The van der Waals surface area contributed by atoms with Gasteiger partial charge in [0, 0.05) is 10.5 Å². The van der Waals surface area contributed by atoms with Crippen LogP contribution in [0.3, 0.4) is 0 Å². The van der Waals surface area contributed by atoms with Crippen LogP contribution in [0.5, 0.6) is 0 Å². The maximum absolute atomic E-state index is 11.4. The van der Waals surface area contributed by atoms with Gasteiger partial charge >= 0.3 is 5.97 Å². The molecule has 0 aromatic carbocycles. The summed E-state index contributed by atoms with van der Waals surface area (Å²) >= 11 is 0. The van der Waals surface area contributed by atoms with Crippen LogP contribution in [0.1, 0.15) is 12.8 Å². The minimum absolute atomic E-state index is 0.320. The zero-order chi connectivity index (χ0) is 10.8. The van der Waals surface area contributed by atoms with E-state index in [0.717, 1.165) is 12.8 Å². The van der Waals surface area contributed by atoms with Crippen molar-refractivity contribution in [2.24, 2.45) is 5.11 Å². The number of esters is 1. The first kappa shape index (κ1) is 10.8. The maximum Gasteiger partial charge on any atom is 0.316 e. The fraction of sp³-hybridized carbons (Fsp3) is 0.875. The highest BCUT2D eigenvalue weighted by atomic mass is 16.5. The summed E-state index contributed by atoms with van der Waals surface area (Å²) in [6.07, 6.45) is 1.72. The normalized spacial score (nSPS) is 19.7. The Kier molecular flexibility index (Phi) is 2.98. The summed E-state index contributed by atoms with van der Waals surface area (Å²) in [5.41, 5.74) is 8.07. The third kappa shape index (κ3) is 1.66. The predicted octanol–water partition coefficient (Wildman–Crippen LogP) is 0.932. The Labute approximate surface area is 82.5 Å². The van der Waals surface area contributed by atoms with E-state index in [1.807, 2.05) is 19.0 Å². The Morgan fingerprint density at radius 1 is 1.64 bits per heavy atom. The molecule has 0 N–H and O–H groups in total. The zero-order valence-electron chi connectivity index (χ0n) is 8.60. The van der Waals surface area contributed by atoms with Crippen molar-refractivity contribution >= 4 is 5.97 Å². The number of azide groups is 1. The summed E-state index contributed by atoms with van der Waals surface area (Å²) in [6.45, 7) is 0. The van der Waals surface area contributed by atoms with Crippen molar-refractivity contribution < 1.29 is 9.53 Å². The fourth-order valence-corrected chi connectivity index (χ4v) is 1.63. The van der Waals surface area contributed by atoms with Crippen LogP contribution in [-0.2, 0) is 9.53 Å². The van der Waals surface area contributed by atoms with Crippen LogP contribution in [0.4, 0.5) is 0 Å². The van der Waals surface area contributed by atoms with E-state index < -0.39 is 12.0 Å². The number of nitrogens with zero attached hydrogens (tertiary/aromatic N) is 4. The smallest absolute Gasteiger partial charge is 0.316 e. The quantitative estimate of drug-likeness (QED) is 0.292. The Bertz CT molecular complexity index is 279. The molecule has 0 amide bonds. The van der Waals surface area contributed by atoms with Gasteiger partial charge in [0.25, 0.3) is 0 Å². The van der Waals surface area contributed by atoms with Gasteiger partial charge in [0.1, 0.15) is 0 Å². The van der Waals surface area contributed by atoms with Gasteiger partial charge in [-0.3, -0.25) is 4.79 Å². The van der Waals surface area contributed by atoms with E-state index in [9.17, 15) is 4.79 Å². The molecule has 0 aliphatic heterocycles. The second-order valence-corrected chi connectivity index (χ2v) is 3.63. The molecule has 1 unspecified atom stereocenters. The van der Waals surface area contributed by atoms with Crippen molar-refractivity contribution in [1.29, 1.82) is 0 Å². The van der Waals surface area contributed by atoms with Crippen LogP contribution in [-0.4, -0.2) is 43.7 Å². The Balaban J connectivity index is 2.88. The predicted molar refractivity (Wildman–Crippen MR) is 50.6 cm³/mol. The summed E-state index contributed by atoms with van der Waals surface area (Å²) in [5, 5.41) is 3.51. The van der Waals surface area contributed by atoms with Crippen molar-refractivity contribution in [3.8, 4) is 0 Å². The van der Waals surface area contributed by atoms with Gasteiger partial charge in [-0.05, 0) is 32.5 Å². The lowest BCUT2D eigenvalue weighted by Crippen LogP contribution is -2.45. The Hall–Kier alpha value is -1.26. The van der Waals surface area contributed by atoms with Crippen molar-refractivity contribution in [3.05, 3.63) is 10.4 Å². The summed E-state index contributed by atoms with van der Waals surface area (Å²) in [7, 11) is 5.04. The van der Waals surface area contributed by atoms with E-state index in [2.05, 4.69) is 14.8 Å². The minimum atomic E-state index is -0.729. The minimum Gasteiger partial charge on any atom is -0.469 e. The average Bonchev–Trinajstić information content (AvgIpc) is 2.94. The number of likely N-dealkylation sites (N-methyl/N-ethyl adjacent to an activating group) is 1. The largest absolute Gasteiger partial charge is 0.469 e. The molecule has 0 radical (unpaired) electrons. The van der Waals surface area contributed by atoms with E-state index in [-0.39, 0.29) is 5.54 Å². The van der Waals surface area contributed by atoms with Gasteiger partial charge in [0.2, 0.25) is 0 Å². The standard InChI is InChI=1S/C8H14N4O2/c1-12(2)8(4-5-8)6(10-11-9)7(13)14-3/h6H,4-5H2,1-3H3. The van der Waals surface area contributed by atoms with Gasteiger partial charge in [-0.1, -0.05) is 5.11 Å². The van der Waals surface area contributed by atoms with Crippen LogP contribution < -0.4 is 0 Å². The van der Waals surface area contributed by atoms with Crippen LogP contribution in [0, 0.1) is 0 Å². The number of hydrogen-bond acceptors (Lipinski definition) is 4. The summed E-state index contributed by atoms with van der Waals surface area (Å²) < 4.78 is 4.61. The average molecular weight is 198 g/mol. The van der Waals surface area contributed by atoms with E-state index >= 15 is 0 Å². The first-order chi connectivity index (χ1) is 6.58. The second kappa shape index (κ2) is 3.86. The maximum atomic E-state index is 11.4. The molecule has 1 aliphatic carbocycles. The summed E-state index contributed by atoms with van der Waals surface area (Å²) in [4.78, 5) is 16.0. The summed E-state index contributed by atoms with van der Waals surface area (Å²) in [5.74, 6) is -0.464. The molecule has 0 heterocycles. The molecule has 1 fully saturated rings. The molecule has 0 spiro atoms. The highest BCUT2D eigenvalue weighted by Crippen LogP contribution is 2.45. The van der Waals surface area contributed by atoms with Crippen LogP contribution in [0.2, 0.25) is 0 Å². The lowest BCUT2D eigenvalue weighted by molar-refractivity contribution is -0.144. The lowest BCUT2D eigenvalue weighted by atomic mass is 10.1. The number of rotatable bonds is 4. The Morgan fingerprint density at radius 3 is 2.50 bits per heavy atom. The van der Waals surface area contributed by atoms with Crippen molar-refractivity contribution in [1.82, 2.24) is 4.90 Å². The number of methoxy groups -OCH3 is 1. The molecule has 1 rings (SSSR count). The number of carbonyl (C=O) groups is 1. The molecular weight excluding hydrogens is 184 g/mol. The molecule has 78 valence electrons. The van der Waals surface area contributed by atoms with Gasteiger partial charge in [0.15, 0.2) is 6.04 Å². The molecule has 1 aliphatic rings. The van der Waals surface area contributed by atoms with E-state index in [0.29, 0.717) is 0 Å². The molecule has 6 nitrogen and oxygen atoms in total. The van der Waals surface area contributed by atoms with E-state index in [1.54, 1.807) is 0 Å². The van der Waals surface area contributed by atoms with Gasteiger partial charge in [-0.25, -0.2) is 0 Å². The first-order valence-corrected chi connectivity index (χ1v) is 4.38. The van der Waals surface area contributed by atoms with Crippen LogP contribution >= 0.6 is 0 Å². The molecular formula is C8H14N4O2. The SMILES string of the molecule is COC(=O)C(N=[N+]=[N-])C1(N(C)C)CC1. The third-order valence-corrected chi connectivity index (χ3v) is 2.75. The topological polar surface area (TPSA) is 78.3 Å². The molecule has 0 saturated heterocycles. The monoisotopic (exact) mass is 198 g/mol. The van der Waals surface area contributed by atoms with Crippen molar-refractivity contribution in [2.75, 3.05) is 21.2 Å². The lowest BCUT2D eigenvalue weighted by Gasteiger charge is -2.27. The van der Waals surface area contributed by atoms with Gasteiger partial charge in [-0.2, -0.15) is 0 Å². The third-order valence-electron chi connectivity index (χ3n) is 2.75. The molecule has 14 heavy (non-hydrogen) atoms. The van der Waals surface area contributed by atoms with Gasteiger partial charge in [0.05, 0.1) is 7.11 Å². The Morgan fingerprint density at radius 2 is 2.21 bits per heavy atom. The summed E-state index contributed by atoms with van der Waals surface area (Å²) in [6, 6.07) is -0.729. The zero-order valence-corrected chi connectivity index (χ0v) is 8.60.